The van der Waals surface area contributed by atoms with Gasteiger partial charge in [0.25, 0.3) is 0 Å². The van der Waals surface area contributed by atoms with Gasteiger partial charge in [-0.25, -0.2) is 4.98 Å². The first-order chi connectivity index (χ1) is 8.36. The highest BCUT2D eigenvalue weighted by atomic mass is 16.1. The largest absolute Gasteiger partial charge is 0.370 e. The van der Waals surface area contributed by atoms with Crippen molar-refractivity contribution in [2.45, 2.75) is 32.2 Å². The molecule has 1 saturated heterocycles. The smallest absolute Gasteiger partial charge is 0.210 e. The Kier molecular flexibility index (Phi) is 3.96. The van der Waals surface area contributed by atoms with Crippen molar-refractivity contribution in [2.24, 2.45) is 0 Å². The van der Waals surface area contributed by atoms with Crippen LogP contribution in [0.5, 0.6) is 0 Å². The highest BCUT2D eigenvalue weighted by molar-refractivity contribution is 5.53. The van der Waals surface area contributed by atoms with Crippen LogP contribution in [0, 0.1) is 0 Å². The van der Waals surface area contributed by atoms with E-state index in [1.807, 2.05) is 11.0 Å². The van der Waals surface area contributed by atoms with E-state index >= 15 is 0 Å². The molecule has 0 aliphatic carbocycles. The van der Waals surface area contributed by atoms with E-state index in [9.17, 15) is 4.79 Å². The fourth-order valence-electron chi connectivity index (χ4n) is 2.33. The molecular weight excluding hydrogens is 214 g/mol. The van der Waals surface area contributed by atoms with Crippen molar-refractivity contribution >= 4 is 12.2 Å². The molecular formula is C13H19N3O. The van der Waals surface area contributed by atoms with Gasteiger partial charge in [0.15, 0.2) is 0 Å². The van der Waals surface area contributed by atoms with E-state index in [2.05, 4.69) is 23.3 Å². The van der Waals surface area contributed by atoms with Crippen molar-refractivity contribution in [3.8, 4) is 0 Å². The quantitative estimate of drug-likeness (QED) is 0.793. The van der Waals surface area contributed by atoms with Gasteiger partial charge in [0.1, 0.15) is 5.82 Å². The normalized spacial score (nSPS) is 19.4. The molecule has 17 heavy (non-hydrogen) atoms. The summed E-state index contributed by atoms with van der Waals surface area (Å²) in [6, 6.07) is 4.20. The maximum absolute atomic E-state index is 11.0. The molecule has 1 aromatic rings. The minimum absolute atomic E-state index is 0.195. The summed E-state index contributed by atoms with van der Waals surface area (Å²) >= 11 is 0. The van der Waals surface area contributed by atoms with Gasteiger partial charge in [-0.3, -0.25) is 4.79 Å². The minimum Gasteiger partial charge on any atom is -0.370 e. The van der Waals surface area contributed by atoms with Crippen molar-refractivity contribution in [1.82, 2.24) is 9.88 Å². The number of aromatic nitrogens is 1. The number of carbonyl (C=O) groups is 1. The summed E-state index contributed by atoms with van der Waals surface area (Å²) in [4.78, 5) is 17.2. The Bertz CT molecular complexity index is 381. The molecule has 4 nitrogen and oxygen atoms in total. The van der Waals surface area contributed by atoms with Crippen LogP contribution in [0.1, 0.15) is 37.8 Å². The maximum Gasteiger partial charge on any atom is 0.210 e. The van der Waals surface area contributed by atoms with E-state index in [0.717, 1.165) is 50.1 Å². The molecule has 1 atom stereocenters. The van der Waals surface area contributed by atoms with Crippen LogP contribution in [-0.2, 0) is 4.79 Å². The van der Waals surface area contributed by atoms with Gasteiger partial charge >= 0.3 is 0 Å². The third kappa shape index (κ3) is 2.57. The number of carbonyl (C=O) groups excluding carboxylic acids is 1. The molecule has 1 aliphatic rings. The number of anilines is 1. The second-order valence-corrected chi connectivity index (χ2v) is 4.37. The van der Waals surface area contributed by atoms with Gasteiger partial charge in [0.2, 0.25) is 6.41 Å². The summed E-state index contributed by atoms with van der Waals surface area (Å²) in [5, 5.41) is 3.33. The molecule has 0 spiro atoms. The van der Waals surface area contributed by atoms with E-state index < -0.39 is 0 Å². The summed E-state index contributed by atoms with van der Waals surface area (Å²) in [5.74, 6) is 0.924. The number of hydrogen-bond acceptors (Lipinski definition) is 3. The number of nitrogens with one attached hydrogen (secondary N) is 1. The van der Waals surface area contributed by atoms with Crippen molar-refractivity contribution in [3.63, 3.8) is 0 Å². The Morgan fingerprint density at radius 1 is 1.65 bits per heavy atom. The van der Waals surface area contributed by atoms with Crippen LogP contribution in [0.15, 0.2) is 18.3 Å². The standard InChI is InChI=1S/C13H19N3O/c1-2-7-14-13-11(5-3-8-15-13)12-6-4-9-16(12)10-17/h3,5,8,10,12H,2,4,6-7,9H2,1H3,(H,14,15)/t12-/m1/s1. The zero-order valence-corrected chi connectivity index (χ0v) is 10.2. The Labute approximate surface area is 102 Å². The minimum atomic E-state index is 0.195. The molecule has 0 aromatic carbocycles. The molecule has 0 saturated carbocycles. The Morgan fingerprint density at radius 3 is 3.29 bits per heavy atom. The van der Waals surface area contributed by atoms with Crippen molar-refractivity contribution in [2.75, 3.05) is 18.4 Å². The summed E-state index contributed by atoms with van der Waals surface area (Å²) in [5.41, 5.74) is 1.14. The van der Waals surface area contributed by atoms with Gasteiger partial charge in [-0.2, -0.15) is 0 Å². The fourth-order valence-corrected chi connectivity index (χ4v) is 2.33. The lowest BCUT2D eigenvalue weighted by atomic mass is 10.1. The van der Waals surface area contributed by atoms with Crippen LogP contribution < -0.4 is 5.32 Å². The van der Waals surface area contributed by atoms with Gasteiger partial charge in [-0.05, 0) is 25.3 Å². The Morgan fingerprint density at radius 2 is 2.53 bits per heavy atom. The molecule has 4 heteroatoms. The van der Waals surface area contributed by atoms with E-state index in [-0.39, 0.29) is 6.04 Å². The SMILES string of the molecule is CCCNc1ncccc1[C@H]1CCCN1C=O. The van der Waals surface area contributed by atoms with Crippen LogP contribution in [0.4, 0.5) is 5.82 Å². The number of rotatable bonds is 5. The zero-order chi connectivity index (χ0) is 12.1. The first-order valence-electron chi connectivity index (χ1n) is 6.26. The second kappa shape index (κ2) is 5.66. The molecule has 1 amide bonds. The van der Waals surface area contributed by atoms with Crippen LogP contribution in [0.25, 0.3) is 0 Å². The molecule has 2 rings (SSSR count). The molecule has 1 aromatic heterocycles. The van der Waals surface area contributed by atoms with Gasteiger partial charge < -0.3 is 10.2 Å². The fraction of sp³-hybridized carbons (Fsp3) is 0.538. The average molecular weight is 233 g/mol. The van der Waals surface area contributed by atoms with Gasteiger partial charge in [0, 0.05) is 24.8 Å². The van der Waals surface area contributed by atoms with Crippen molar-refractivity contribution in [1.29, 1.82) is 0 Å². The van der Waals surface area contributed by atoms with Crippen molar-refractivity contribution < 1.29 is 4.79 Å². The predicted molar refractivity (Wildman–Crippen MR) is 67.8 cm³/mol. The summed E-state index contributed by atoms with van der Waals surface area (Å²) in [6.07, 6.45) is 5.92. The highest BCUT2D eigenvalue weighted by Crippen LogP contribution is 2.33. The first kappa shape index (κ1) is 11.9. The van der Waals surface area contributed by atoms with Gasteiger partial charge in [-0.1, -0.05) is 13.0 Å². The number of pyridine rings is 1. The number of likely N-dealkylation sites (tertiary alicyclic amines) is 1. The lowest BCUT2D eigenvalue weighted by Crippen LogP contribution is -2.22. The highest BCUT2D eigenvalue weighted by Gasteiger charge is 2.26. The number of amides is 1. The summed E-state index contributed by atoms with van der Waals surface area (Å²) in [6.45, 7) is 3.90. The molecule has 1 aliphatic heterocycles. The lowest BCUT2D eigenvalue weighted by molar-refractivity contribution is -0.118. The van der Waals surface area contributed by atoms with E-state index in [1.54, 1.807) is 6.20 Å². The predicted octanol–water partition coefficient (Wildman–Crippen LogP) is 2.20. The second-order valence-electron chi connectivity index (χ2n) is 4.37. The lowest BCUT2D eigenvalue weighted by Gasteiger charge is -2.22. The third-order valence-corrected chi connectivity index (χ3v) is 3.17. The van der Waals surface area contributed by atoms with Crippen molar-refractivity contribution in [3.05, 3.63) is 23.9 Å². The van der Waals surface area contributed by atoms with Crippen LogP contribution in [0.3, 0.4) is 0 Å². The van der Waals surface area contributed by atoms with E-state index in [4.69, 9.17) is 0 Å². The monoisotopic (exact) mass is 233 g/mol. The van der Waals surface area contributed by atoms with Crippen LogP contribution in [0.2, 0.25) is 0 Å². The number of nitrogens with zero attached hydrogens (tertiary/aromatic N) is 2. The molecule has 1 fully saturated rings. The third-order valence-electron chi connectivity index (χ3n) is 3.17. The molecule has 1 N–H and O–H groups in total. The average Bonchev–Trinajstić information content (AvgIpc) is 2.84. The molecule has 92 valence electrons. The van der Waals surface area contributed by atoms with E-state index in [0.29, 0.717) is 0 Å². The number of hydrogen-bond donors (Lipinski definition) is 1. The Hall–Kier alpha value is -1.58. The Balaban J connectivity index is 2.21. The summed E-state index contributed by atoms with van der Waals surface area (Å²) in [7, 11) is 0. The first-order valence-corrected chi connectivity index (χ1v) is 6.26. The zero-order valence-electron chi connectivity index (χ0n) is 10.2. The summed E-state index contributed by atoms with van der Waals surface area (Å²) < 4.78 is 0. The molecule has 0 bridgehead atoms. The molecule has 0 unspecified atom stereocenters. The molecule has 0 radical (unpaired) electrons. The van der Waals surface area contributed by atoms with Crippen LogP contribution in [-0.4, -0.2) is 29.4 Å². The van der Waals surface area contributed by atoms with Crippen LogP contribution >= 0.6 is 0 Å². The topological polar surface area (TPSA) is 45.2 Å². The van der Waals surface area contributed by atoms with Gasteiger partial charge in [-0.15, -0.1) is 0 Å². The van der Waals surface area contributed by atoms with Gasteiger partial charge in [0.05, 0.1) is 6.04 Å². The maximum atomic E-state index is 11.0. The van der Waals surface area contributed by atoms with E-state index in [1.165, 1.54) is 0 Å². The molecule has 2 heterocycles.